The zero-order valence-corrected chi connectivity index (χ0v) is 17.6. The van der Waals surface area contributed by atoms with E-state index in [1.165, 1.54) is 5.39 Å². The number of aliphatic carboxylic acids is 1. The van der Waals surface area contributed by atoms with E-state index in [1.807, 2.05) is 49.4 Å². The highest BCUT2D eigenvalue weighted by Crippen LogP contribution is 2.27. The molecule has 1 aromatic heterocycles. The number of nitrogens with two attached hydrogens (primary N) is 2. The van der Waals surface area contributed by atoms with Gasteiger partial charge in [0.15, 0.2) is 0 Å². The van der Waals surface area contributed by atoms with Gasteiger partial charge in [0.25, 0.3) is 0 Å². The molecule has 0 aliphatic carbocycles. The molecule has 0 fully saturated rings. The summed E-state index contributed by atoms with van der Waals surface area (Å²) in [6.07, 6.45) is 0.0146. The van der Waals surface area contributed by atoms with Gasteiger partial charge in [-0.1, -0.05) is 60.7 Å². The minimum atomic E-state index is -1.03. The topological polar surface area (TPSA) is 124 Å². The molecule has 32 heavy (non-hydrogen) atoms. The zero-order valence-electron chi connectivity index (χ0n) is 17.6. The molecule has 3 aromatic carbocycles. The molecule has 162 valence electrons. The van der Waals surface area contributed by atoms with E-state index in [-0.39, 0.29) is 18.5 Å². The number of ether oxygens (including phenoxy) is 1. The molecule has 5 N–H and O–H groups in total. The van der Waals surface area contributed by atoms with Crippen molar-refractivity contribution < 1.29 is 14.6 Å². The molecule has 2 atom stereocenters. The highest BCUT2D eigenvalue weighted by molar-refractivity contribution is 5.83. The Morgan fingerprint density at radius 1 is 1.00 bits per heavy atom. The van der Waals surface area contributed by atoms with Gasteiger partial charge in [-0.3, -0.25) is 4.79 Å². The van der Waals surface area contributed by atoms with Crippen LogP contribution < -0.4 is 16.2 Å². The molecule has 0 bridgehead atoms. The van der Waals surface area contributed by atoms with Gasteiger partial charge in [-0.15, -0.1) is 0 Å². The van der Waals surface area contributed by atoms with Crippen LogP contribution in [-0.2, 0) is 11.2 Å². The molecular weight excluding hydrogens is 404 g/mol. The van der Waals surface area contributed by atoms with Crippen LogP contribution in [0.25, 0.3) is 22.0 Å². The van der Waals surface area contributed by atoms with E-state index in [9.17, 15) is 4.79 Å². The number of rotatable bonds is 7. The third-order valence-corrected chi connectivity index (χ3v) is 5.28. The summed E-state index contributed by atoms with van der Waals surface area (Å²) in [7, 11) is 0. The molecule has 0 radical (unpaired) electrons. The summed E-state index contributed by atoms with van der Waals surface area (Å²) in [5.74, 6) is -0.537. The van der Waals surface area contributed by atoms with E-state index >= 15 is 0 Å². The predicted octanol–water partition coefficient (Wildman–Crippen LogP) is 3.97. The SMILES string of the molecule is C[C@H](Oc1cc(-c2ccc(C[C@H](N)C(=O)O)cc2)nc(N)n1)c1ccc2ccccc2c1. The standard InChI is InChI=1S/C25H24N4O3/c1-15(19-11-10-17-4-2-3-5-20(17)13-19)32-23-14-22(28-25(27)29-23)18-8-6-16(7-9-18)12-21(26)24(30)31/h2-11,13-15,21H,12,26H2,1H3,(H,30,31)(H2,27,28,29)/t15-,21-/m0/s1. The number of anilines is 1. The summed E-state index contributed by atoms with van der Waals surface area (Å²) in [6, 6.07) is 22.5. The van der Waals surface area contributed by atoms with Crippen LogP contribution >= 0.6 is 0 Å². The molecule has 4 rings (SSSR count). The smallest absolute Gasteiger partial charge is 0.320 e. The van der Waals surface area contributed by atoms with Crippen molar-refractivity contribution in [2.75, 3.05) is 5.73 Å². The quantitative estimate of drug-likeness (QED) is 0.407. The molecule has 1 heterocycles. The molecular formula is C25H24N4O3. The molecule has 7 nitrogen and oxygen atoms in total. The molecule has 0 aliphatic heterocycles. The predicted molar refractivity (Wildman–Crippen MR) is 124 cm³/mol. The van der Waals surface area contributed by atoms with Crippen molar-refractivity contribution in [1.29, 1.82) is 0 Å². The Kier molecular flexibility index (Phi) is 6.00. The van der Waals surface area contributed by atoms with E-state index < -0.39 is 12.0 Å². The number of hydrogen-bond donors (Lipinski definition) is 3. The van der Waals surface area contributed by atoms with Crippen LogP contribution in [0.3, 0.4) is 0 Å². The first-order valence-corrected chi connectivity index (χ1v) is 10.3. The normalized spacial score (nSPS) is 12.9. The fourth-order valence-electron chi connectivity index (χ4n) is 3.51. The van der Waals surface area contributed by atoms with Crippen LogP contribution in [0.15, 0.2) is 72.8 Å². The Hall–Kier alpha value is -3.97. The van der Waals surface area contributed by atoms with E-state index in [1.54, 1.807) is 6.07 Å². The second-order valence-corrected chi connectivity index (χ2v) is 7.66. The lowest BCUT2D eigenvalue weighted by Crippen LogP contribution is -2.32. The van der Waals surface area contributed by atoms with Gasteiger partial charge in [0.2, 0.25) is 11.8 Å². The van der Waals surface area contributed by atoms with Crippen molar-refractivity contribution in [1.82, 2.24) is 9.97 Å². The number of fused-ring (bicyclic) bond motifs is 1. The van der Waals surface area contributed by atoms with Crippen LogP contribution in [0.4, 0.5) is 5.95 Å². The van der Waals surface area contributed by atoms with Gasteiger partial charge in [-0.05, 0) is 41.3 Å². The van der Waals surface area contributed by atoms with Crippen molar-refractivity contribution in [2.45, 2.75) is 25.5 Å². The number of carbonyl (C=O) groups is 1. The molecule has 7 heteroatoms. The van der Waals surface area contributed by atoms with Crippen molar-refractivity contribution >= 4 is 22.7 Å². The number of nitrogens with zero attached hydrogens (tertiary/aromatic N) is 2. The van der Waals surface area contributed by atoms with Gasteiger partial charge in [0, 0.05) is 11.6 Å². The van der Waals surface area contributed by atoms with E-state index in [0.29, 0.717) is 11.6 Å². The number of carboxylic acids is 1. The second kappa shape index (κ2) is 9.03. The molecule has 0 unspecified atom stereocenters. The number of aromatic nitrogens is 2. The van der Waals surface area contributed by atoms with E-state index in [0.717, 1.165) is 22.1 Å². The second-order valence-electron chi connectivity index (χ2n) is 7.66. The summed E-state index contributed by atoms with van der Waals surface area (Å²) in [4.78, 5) is 19.5. The van der Waals surface area contributed by atoms with E-state index in [2.05, 4.69) is 34.2 Å². The lowest BCUT2D eigenvalue weighted by molar-refractivity contribution is -0.138. The van der Waals surface area contributed by atoms with Crippen molar-refractivity contribution in [3.05, 3.63) is 83.9 Å². The average Bonchev–Trinajstić information content (AvgIpc) is 2.78. The Balaban J connectivity index is 1.53. The van der Waals surface area contributed by atoms with Gasteiger partial charge in [0.1, 0.15) is 12.1 Å². The summed E-state index contributed by atoms with van der Waals surface area (Å²) in [5.41, 5.74) is 14.8. The minimum absolute atomic E-state index is 0.111. The molecule has 0 aliphatic rings. The molecule has 4 aromatic rings. The minimum Gasteiger partial charge on any atom is -0.480 e. The highest BCUT2D eigenvalue weighted by atomic mass is 16.5. The Bertz CT molecular complexity index is 1260. The van der Waals surface area contributed by atoms with Gasteiger partial charge >= 0.3 is 5.97 Å². The average molecular weight is 428 g/mol. The Morgan fingerprint density at radius 3 is 2.44 bits per heavy atom. The third kappa shape index (κ3) is 4.84. The third-order valence-electron chi connectivity index (χ3n) is 5.28. The summed E-state index contributed by atoms with van der Waals surface area (Å²) in [5, 5.41) is 11.3. The summed E-state index contributed by atoms with van der Waals surface area (Å²) < 4.78 is 6.08. The largest absolute Gasteiger partial charge is 0.480 e. The van der Waals surface area contributed by atoms with Gasteiger partial charge in [0.05, 0.1) is 5.69 Å². The first-order chi connectivity index (χ1) is 15.4. The molecule has 0 saturated carbocycles. The number of nitrogen functional groups attached to an aromatic ring is 1. The van der Waals surface area contributed by atoms with Crippen LogP contribution in [0.1, 0.15) is 24.2 Å². The van der Waals surface area contributed by atoms with Crippen LogP contribution in [0.5, 0.6) is 5.88 Å². The number of hydrogen-bond acceptors (Lipinski definition) is 6. The fourth-order valence-corrected chi connectivity index (χ4v) is 3.51. The van der Waals surface area contributed by atoms with Crippen LogP contribution in [-0.4, -0.2) is 27.1 Å². The van der Waals surface area contributed by atoms with Crippen LogP contribution in [0.2, 0.25) is 0 Å². The molecule has 0 amide bonds. The summed E-state index contributed by atoms with van der Waals surface area (Å²) >= 11 is 0. The van der Waals surface area contributed by atoms with Gasteiger partial charge in [-0.2, -0.15) is 4.98 Å². The van der Waals surface area contributed by atoms with Crippen molar-refractivity contribution in [3.63, 3.8) is 0 Å². The first kappa shape index (κ1) is 21.3. The van der Waals surface area contributed by atoms with Crippen LogP contribution in [0, 0.1) is 0 Å². The maximum absolute atomic E-state index is 11.0. The number of benzene rings is 3. The number of carboxylic acid groups (broad SMARTS) is 1. The Labute approximate surface area is 185 Å². The Morgan fingerprint density at radius 2 is 1.72 bits per heavy atom. The zero-order chi connectivity index (χ0) is 22.7. The molecule has 0 saturated heterocycles. The van der Waals surface area contributed by atoms with Crippen molar-refractivity contribution in [2.24, 2.45) is 5.73 Å². The van der Waals surface area contributed by atoms with Crippen molar-refractivity contribution in [3.8, 4) is 17.1 Å². The summed E-state index contributed by atoms with van der Waals surface area (Å²) in [6.45, 7) is 1.96. The first-order valence-electron chi connectivity index (χ1n) is 10.3. The lowest BCUT2D eigenvalue weighted by atomic mass is 10.0. The lowest BCUT2D eigenvalue weighted by Gasteiger charge is -2.16. The fraction of sp³-hybridized carbons (Fsp3) is 0.160. The maximum atomic E-state index is 11.0. The maximum Gasteiger partial charge on any atom is 0.320 e. The molecule has 0 spiro atoms. The highest BCUT2D eigenvalue weighted by Gasteiger charge is 2.14. The van der Waals surface area contributed by atoms with Gasteiger partial charge < -0.3 is 21.3 Å². The van der Waals surface area contributed by atoms with Gasteiger partial charge in [-0.25, -0.2) is 4.98 Å². The van der Waals surface area contributed by atoms with E-state index in [4.69, 9.17) is 21.3 Å². The monoisotopic (exact) mass is 428 g/mol.